The molecule has 8 heteroatoms. The number of nitrogens with one attached hydrogen (secondary N) is 1. The van der Waals surface area contributed by atoms with Gasteiger partial charge in [-0.1, -0.05) is 42.2 Å². The van der Waals surface area contributed by atoms with Gasteiger partial charge in [0.15, 0.2) is 0 Å². The van der Waals surface area contributed by atoms with Crippen LogP contribution in [0.15, 0.2) is 78.9 Å². The number of fused-ring (bicyclic) bond motifs is 1. The van der Waals surface area contributed by atoms with Gasteiger partial charge in [-0.3, -0.25) is 4.90 Å². The van der Waals surface area contributed by atoms with Crippen molar-refractivity contribution in [3.63, 3.8) is 0 Å². The zero-order chi connectivity index (χ0) is 31.2. The molecule has 3 aromatic rings. The van der Waals surface area contributed by atoms with Gasteiger partial charge in [0.1, 0.15) is 5.75 Å². The number of hydrogen-bond acceptors (Lipinski definition) is 6. The average Bonchev–Trinajstić information content (AvgIpc) is 3.02. The summed E-state index contributed by atoms with van der Waals surface area (Å²) in [6.07, 6.45) is 1.78. The number of ether oxygens (including phenoxy) is 2. The molecule has 5 rings (SSSR count). The fourth-order valence-corrected chi connectivity index (χ4v) is 7.30. The summed E-state index contributed by atoms with van der Waals surface area (Å²) in [5, 5.41) is 14.2. The number of anilines is 1. The second-order valence-corrected chi connectivity index (χ2v) is 12.1. The Hall–Kier alpha value is -3.87. The van der Waals surface area contributed by atoms with Gasteiger partial charge in [-0.2, -0.15) is 0 Å². The highest BCUT2D eigenvalue weighted by Crippen LogP contribution is 2.57. The van der Waals surface area contributed by atoms with Crippen molar-refractivity contribution in [3.8, 4) is 17.6 Å². The standard InChI is InChI=1S/C36H44N4O4/c1-38(2)24-35(26-41)33(30-16-14-29(15-17-30)13-12-28-10-6-5-7-11-28)36(27-43-3)25-39(22-8-9-23-40(35)36)34(42)37-31-18-20-32(44-4)21-19-31/h5-7,10-11,14-21,33,41H,8-9,22-27H2,1-4H3,(H,37,42)/t33-,35-,36+/m0/s1. The molecule has 0 bridgehead atoms. The van der Waals surface area contributed by atoms with E-state index in [-0.39, 0.29) is 18.6 Å². The van der Waals surface area contributed by atoms with Crippen molar-refractivity contribution in [2.75, 3.05) is 73.0 Å². The van der Waals surface area contributed by atoms with Crippen LogP contribution in [0, 0.1) is 11.8 Å². The lowest BCUT2D eigenvalue weighted by Gasteiger charge is -2.72. The minimum absolute atomic E-state index is 0.00504. The highest BCUT2D eigenvalue weighted by molar-refractivity contribution is 5.89. The van der Waals surface area contributed by atoms with Crippen LogP contribution >= 0.6 is 0 Å². The van der Waals surface area contributed by atoms with Crippen LogP contribution in [0.1, 0.15) is 35.4 Å². The normalized spacial score (nSPS) is 23.4. The lowest BCUT2D eigenvalue weighted by molar-refractivity contribution is -0.221. The summed E-state index contributed by atoms with van der Waals surface area (Å²) >= 11 is 0. The Kier molecular flexibility index (Phi) is 9.92. The lowest BCUT2D eigenvalue weighted by atomic mass is 9.56. The molecule has 3 atom stereocenters. The van der Waals surface area contributed by atoms with Crippen LogP contribution in [-0.2, 0) is 4.74 Å². The molecular formula is C36H44N4O4. The monoisotopic (exact) mass is 596 g/mol. The molecule has 2 saturated heterocycles. The molecule has 232 valence electrons. The summed E-state index contributed by atoms with van der Waals surface area (Å²) in [6, 6.07) is 25.6. The summed E-state index contributed by atoms with van der Waals surface area (Å²) < 4.78 is 11.2. The van der Waals surface area contributed by atoms with E-state index in [0.717, 1.165) is 41.8 Å². The van der Waals surface area contributed by atoms with Crippen LogP contribution in [0.25, 0.3) is 0 Å². The Morgan fingerprint density at radius 2 is 1.61 bits per heavy atom. The number of benzene rings is 3. The maximum atomic E-state index is 13.7. The van der Waals surface area contributed by atoms with Crippen molar-refractivity contribution >= 4 is 11.7 Å². The van der Waals surface area contributed by atoms with Crippen LogP contribution in [0.3, 0.4) is 0 Å². The zero-order valence-electron chi connectivity index (χ0n) is 26.3. The highest BCUT2D eigenvalue weighted by atomic mass is 16.5. The number of rotatable bonds is 8. The Balaban J connectivity index is 1.49. The minimum atomic E-state index is -0.533. The third kappa shape index (κ3) is 6.33. The summed E-state index contributed by atoms with van der Waals surface area (Å²) in [4.78, 5) is 20.2. The van der Waals surface area contributed by atoms with Crippen molar-refractivity contribution < 1.29 is 19.4 Å². The predicted molar refractivity (Wildman–Crippen MR) is 174 cm³/mol. The SMILES string of the molecule is COC[C@@]12CN(C(=O)Nc3ccc(OC)cc3)CCCCN1[C@](CO)(CN(C)C)[C@@H]2c1ccc(C#Cc2ccccc2)cc1. The second kappa shape index (κ2) is 13.8. The van der Waals surface area contributed by atoms with E-state index >= 15 is 0 Å². The number of carbonyl (C=O) groups is 1. The van der Waals surface area contributed by atoms with Gasteiger partial charge in [0.2, 0.25) is 0 Å². The van der Waals surface area contributed by atoms with E-state index in [4.69, 9.17) is 9.47 Å². The van der Waals surface area contributed by atoms with Crippen molar-refractivity contribution in [2.45, 2.75) is 29.8 Å². The first-order chi connectivity index (χ1) is 21.3. The number of likely N-dealkylation sites (N-methyl/N-ethyl adjacent to an activating group) is 1. The Morgan fingerprint density at radius 3 is 2.23 bits per heavy atom. The average molecular weight is 597 g/mol. The number of urea groups is 1. The van der Waals surface area contributed by atoms with Crippen LogP contribution in [0.5, 0.6) is 5.75 Å². The Morgan fingerprint density at radius 1 is 0.955 bits per heavy atom. The molecule has 44 heavy (non-hydrogen) atoms. The lowest BCUT2D eigenvalue weighted by Crippen LogP contribution is -2.86. The van der Waals surface area contributed by atoms with E-state index in [9.17, 15) is 9.90 Å². The van der Waals surface area contributed by atoms with Crippen molar-refractivity contribution in [3.05, 3.63) is 95.6 Å². The summed E-state index contributed by atoms with van der Waals surface area (Å²) in [5.74, 6) is 7.17. The smallest absolute Gasteiger partial charge is 0.321 e. The molecule has 0 radical (unpaired) electrons. The number of aliphatic hydroxyl groups excluding tert-OH is 1. The molecule has 0 unspecified atom stereocenters. The van der Waals surface area contributed by atoms with Gasteiger partial charge in [0.25, 0.3) is 0 Å². The van der Waals surface area contributed by atoms with Crippen LogP contribution in [0.2, 0.25) is 0 Å². The largest absolute Gasteiger partial charge is 0.497 e. The number of amides is 2. The van der Waals surface area contributed by atoms with Crippen molar-refractivity contribution in [2.24, 2.45) is 0 Å². The molecule has 2 N–H and O–H groups in total. The first kappa shape index (κ1) is 31.6. The Bertz CT molecular complexity index is 1450. The second-order valence-electron chi connectivity index (χ2n) is 12.1. The fourth-order valence-electron chi connectivity index (χ4n) is 7.30. The van der Waals surface area contributed by atoms with E-state index in [0.29, 0.717) is 31.9 Å². The number of carbonyl (C=O) groups excluding carboxylic acids is 1. The van der Waals surface area contributed by atoms with E-state index in [2.05, 4.69) is 51.2 Å². The van der Waals surface area contributed by atoms with Gasteiger partial charge in [-0.15, -0.1) is 0 Å². The minimum Gasteiger partial charge on any atom is -0.497 e. The maximum Gasteiger partial charge on any atom is 0.321 e. The molecule has 0 spiro atoms. The van der Waals surface area contributed by atoms with Crippen molar-refractivity contribution in [1.29, 1.82) is 0 Å². The highest BCUT2D eigenvalue weighted by Gasteiger charge is 2.69. The molecule has 0 saturated carbocycles. The molecule has 0 aliphatic carbocycles. The van der Waals surface area contributed by atoms with Crippen LogP contribution < -0.4 is 10.1 Å². The first-order valence-corrected chi connectivity index (χ1v) is 15.2. The molecule has 2 fully saturated rings. The Labute approximate surface area is 261 Å². The molecule has 2 heterocycles. The van der Waals surface area contributed by atoms with E-state index in [1.807, 2.05) is 73.6 Å². The van der Waals surface area contributed by atoms with Gasteiger partial charge in [-0.05, 0) is 87.6 Å². The van der Waals surface area contributed by atoms with Gasteiger partial charge in [0, 0.05) is 49.5 Å². The molecular weight excluding hydrogens is 552 g/mol. The zero-order valence-corrected chi connectivity index (χ0v) is 26.3. The number of methoxy groups -OCH3 is 2. The van der Waals surface area contributed by atoms with Gasteiger partial charge < -0.3 is 29.7 Å². The van der Waals surface area contributed by atoms with Crippen LogP contribution in [0.4, 0.5) is 10.5 Å². The van der Waals surface area contributed by atoms with Gasteiger partial charge >= 0.3 is 6.03 Å². The number of aliphatic hydroxyl groups is 1. The fraction of sp³-hybridized carbons (Fsp3) is 0.417. The molecule has 8 nitrogen and oxygen atoms in total. The van der Waals surface area contributed by atoms with Gasteiger partial charge in [0.05, 0.1) is 31.4 Å². The first-order valence-electron chi connectivity index (χ1n) is 15.2. The maximum absolute atomic E-state index is 13.7. The summed E-state index contributed by atoms with van der Waals surface area (Å²) in [5.41, 5.74) is 2.66. The third-order valence-corrected chi connectivity index (χ3v) is 8.93. The van der Waals surface area contributed by atoms with E-state index in [1.165, 1.54) is 0 Å². The quantitative estimate of drug-likeness (QED) is 0.373. The van der Waals surface area contributed by atoms with Gasteiger partial charge in [-0.25, -0.2) is 4.79 Å². The summed E-state index contributed by atoms with van der Waals surface area (Å²) in [7, 11) is 7.44. The molecule has 2 amide bonds. The predicted octanol–water partition coefficient (Wildman–Crippen LogP) is 4.50. The van der Waals surface area contributed by atoms with E-state index < -0.39 is 11.1 Å². The molecule has 0 aromatic heterocycles. The third-order valence-electron chi connectivity index (χ3n) is 8.93. The topological polar surface area (TPSA) is 77.5 Å². The number of nitrogens with zero attached hydrogens (tertiary/aromatic N) is 3. The molecule has 2 aliphatic heterocycles. The number of hydrogen-bond donors (Lipinski definition) is 2. The molecule has 3 aromatic carbocycles. The van der Waals surface area contributed by atoms with Crippen molar-refractivity contribution in [1.82, 2.24) is 14.7 Å². The molecule has 2 aliphatic rings. The summed E-state index contributed by atoms with van der Waals surface area (Å²) in [6.45, 7) is 3.03. The van der Waals surface area contributed by atoms with E-state index in [1.54, 1.807) is 14.2 Å². The van der Waals surface area contributed by atoms with Crippen LogP contribution in [-0.4, -0.2) is 105 Å².